The maximum absolute atomic E-state index is 13.0. The summed E-state index contributed by atoms with van der Waals surface area (Å²) in [6.45, 7) is 0. The minimum absolute atomic E-state index is 0.0163. The maximum atomic E-state index is 13.0. The molecule has 0 spiro atoms. The Kier molecular flexibility index (Phi) is 6.17. The van der Waals surface area contributed by atoms with Crippen molar-refractivity contribution >= 4 is 16.8 Å². The third-order valence-corrected chi connectivity index (χ3v) is 5.33. The zero-order valence-electron chi connectivity index (χ0n) is 17.4. The van der Waals surface area contributed by atoms with E-state index in [0.717, 1.165) is 11.3 Å². The molecule has 0 radical (unpaired) electrons. The molecular weight excluding hydrogens is 388 g/mol. The van der Waals surface area contributed by atoms with Crippen molar-refractivity contribution in [2.75, 3.05) is 7.05 Å². The Hall–Kier alpha value is -3.80. The second kappa shape index (κ2) is 9.34. The number of para-hydroxylation sites is 1. The van der Waals surface area contributed by atoms with Crippen molar-refractivity contribution in [3.8, 4) is 0 Å². The first-order valence-electron chi connectivity index (χ1n) is 10.3. The fourth-order valence-corrected chi connectivity index (χ4v) is 3.75. The van der Waals surface area contributed by atoms with Gasteiger partial charge in [0.15, 0.2) is 0 Å². The second-order valence-electron chi connectivity index (χ2n) is 7.46. The van der Waals surface area contributed by atoms with Gasteiger partial charge in [-0.15, -0.1) is 0 Å². The zero-order chi connectivity index (χ0) is 21.6. The topological polar surface area (TPSA) is 79.0 Å². The van der Waals surface area contributed by atoms with Crippen molar-refractivity contribution in [3.63, 3.8) is 0 Å². The predicted molar refractivity (Wildman–Crippen MR) is 121 cm³/mol. The van der Waals surface area contributed by atoms with Crippen LogP contribution in [0.15, 0.2) is 83.8 Å². The van der Waals surface area contributed by atoms with Gasteiger partial charge in [0, 0.05) is 26.1 Å². The van der Waals surface area contributed by atoms with E-state index in [1.807, 2.05) is 73.8 Å². The molecule has 2 heterocycles. The number of aromatic nitrogens is 3. The molecule has 0 bridgehead atoms. The number of hydrogen-bond donors (Lipinski definition) is 1. The molecule has 0 saturated carbocycles. The monoisotopic (exact) mass is 412 g/mol. The fraction of sp³-hybridized carbons (Fsp3) is 0.200. The summed E-state index contributed by atoms with van der Waals surface area (Å²) >= 11 is 0. The Morgan fingerprint density at radius 2 is 1.74 bits per heavy atom. The largest absolute Gasteiger partial charge is 0.333 e. The number of amides is 1. The fourth-order valence-electron chi connectivity index (χ4n) is 3.75. The van der Waals surface area contributed by atoms with Gasteiger partial charge in [0.25, 0.3) is 5.56 Å². The van der Waals surface area contributed by atoms with E-state index in [-0.39, 0.29) is 17.5 Å². The van der Waals surface area contributed by atoms with Gasteiger partial charge in [-0.1, -0.05) is 48.5 Å². The third kappa shape index (κ3) is 4.69. The first kappa shape index (κ1) is 20.5. The van der Waals surface area contributed by atoms with Crippen molar-refractivity contribution in [1.82, 2.24) is 19.9 Å². The summed E-state index contributed by atoms with van der Waals surface area (Å²) in [5, 5.41) is 0.572. The molecule has 2 aromatic heterocycles. The number of pyridine rings is 1. The lowest BCUT2D eigenvalue weighted by Gasteiger charge is -2.28. The van der Waals surface area contributed by atoms with Crippen molar-refractivity contribution in [1.29, 1.82) is 0 Å². The molecule has 2 aromatic carbocycles. The molecule has 0 aliphatic heterocycles. The van der Waals surface area contributed by atoms with Gasteiger partial charge in [0.2, 0.25) is 5.91 Å². The van der Waals surface area contributed by atoms with E-state index in [2.05, 4.69) is 15.0 Å². The first-order valence-corrected chi connectivity index (χ1v) is 10.3. The Morgan fingerprint density at radius 3 is 2.52 bits per heavy atom. The van der Waals surface area contributed by atoms with Crippen molar-refractivity contribution in [2.45, 2.75) is 25.3 Å². The van der Waals surface area contributed by atoms with Crippen LogP contribution in [-0.2, 0) is 11.2 Å². The number of nitrogens with zero attached hydrogens (tertiary/aromatic N) is 3. The molecule has 6 nitrogen and oxygen atoms in total. The quantitative estimate of drug-likeness (QED) is 0.499. The van der Waals surface area contributed by atoms with E-state index < -0.39 is 0 Å². The molecule has 0 aliphatic rings. The van der Waals surface area contributed by atoms with Crippen LogP contribution in [0.2, 0.25) is 0 Å². The lowest BCUT2D eigenvalue weighted by atomic mass is 10.0. The van der Waals surface area contributed by atoms with Gasteiger partial charge in [-0.25, -0.2) is 4.98 Å². The van der Waals surface area contributed by atoms with Crippen molar-refractivity contribution < 1.29 is 4.79 Å². The van der Waals surface area contributed by atoms with Crippen LogP contribution in [0.1, 0.15) is 36.0 Å². The van der Waals surface area contributed by atoms with Crippen LogP contribution >= 0.6 is 0 Å². The first-order chi connectivity index (χ1) is 15.1. The number of H-pyrrole nitrogens is 1. The number of carbonyl (C=O) groups is 1. The lowest BCUT2D eigenvalue weighted by molar-refractivity contribution is -0.131. The summed E-state index contributed by atoms with van der Waals surface area (Å²) in [5.74, 6) is 0.617. The van der Waals surface area contributed by atoms with Gasteiger partial charge < -0.3 is 9.88 Å². The Balaban J connectivity index is 1.46. The SMILES string of the molecule is CN(C(=O)CCCc1nc2ccccc2c(=O)[nH]1)C(c1ccccc1)c1ccccn1. The van der Waals surface area contributed by atoms with Gasteiger partial charge in [0.05, 0.1) is 22.6 Å². The summed E-state index contributed by atoms with van der Waals surface area (Å²) in [4.78, 5) is 38.8. The minimum Gasteiger partial charge on any atom is -0.333 e. The highest BCUT2D eigenvalue weighted by Gasteiger charge is 2.24. The molecule has 6 heteroatoms. The molecule has 31 heavy (non-hydrogen) atoms. The standard InChI is InChI=1S/C25H24N4O2/c1-29(24(18-10-3-2-4-11-18)21-14-7-8-17-26-21)23(30)16-9-15-22-27-20-13-6-5-12-19(20)25(31)28-22/h2-8,10-14,17,24H,9,15-16H2,1H3,(H,27,28,31). The average Bonchev–Trinajstić information content (AvgIpc) is 2.80. The summed E-state index contributed by atoms with van der Waals surface area (Å²) in [6.07, 6.45) is 3.21. The van der Waals surface area contributed by atoms with Crippen LogP contribution in [0.3, 0.4) is 0 Å². The molecular formula is C25H24N4O2. The molecule has 0 fully saturated rings. The number of fused-ring (bicyclic) bond motifs is 1. The molecule has 1 atom stereocenters. The van der Waals surface area contributed by atoms with Crippen LogP contribution in [-0.4, -0.2) is 32.8 Å². The van der Waals surface area contributed by atoms with Gasteiger partial charge in [0.1, 0.15) is 5.82 Å². The number of carbonyl (C=O) groups excluding carboxylic acids is 1. The third-order valence-electron chi connectivity index (χ3n) is 5.33. The summed E-state index contributed by atoms with van der Waals surface area (Å²) in [7, 11) is 1.81. The highest BCUT2D eigenvalue weighted by Crippen LogP contribution is 2.26. The Bertz CT molecular complexity index is 1180. The maximum Gasteiger partial charge on any atom is 0.258 e. The molecule has 1 amide bonds. The molecule has 4 aromatic rings. The van der Waals surface area contributed by atoms with E-state index in [4.69, 9.17) is 0 Å². The summed E-state index contributed by atoms with van der Waals surface area (Å²) < 4.78 is 0. The average molecular weight is 412 g/mol. The molecule has 0 aliphatic carbocycles. The van der Waals surface area contributed by atoms with Gasteiger partial charge in [-0.3, -0.25) is 14.6 Å². The molecule has 4 rings (SSSR count). The predicted octanol–water partition coefficient (Wildman–Crippen LogP) is 3.89. The number of rotatable bonds is 7. The lowest BCUT2D eigenvalue weighted by Crippen LogP contribution is -2.32. The van der Waals surface area contributed by atoms with Crippen LogP contribution in [0.25, 0.3) is 10.9 Å². The highest BCUT2D eigenvalue weighted by atomic mass is 16.2. The van der Waals surface area contributed by atoms with Gasteiger partial charge >= 0.3 is 0 Å². The zero-order valence-corrected chi connectivity index (χ0v) is 17.4. The van der Waals surface area contributed by atoms with Gasteiger partial charge in [-0.05, 0) is 36.2 Å². The summed E-state index contributed by atoms with van der Waals surface area (Å²) in [6, 6.07) is 22.6. The van der Waals surface area contributed by atoms with Crippen LogP contribution in [0.4, 0.5) is 0 Å². The van der Waals surface area contributed by atoms with E-state index in [0.29, 0.717) is 36.0 Å². The smallest absolute Gasteiger partial charge is 0.258 e. The van der Waals surface area contributed by atoms with Crippen LogP contribution in [0.5, 0.6) is 0 Å². The Labute approximate surface area is 180 Å². The Morgan fingerprint density at radius 1 is 1.00 bits per heavy atom. The molecule has 1 N–H and O–H groups in total. The number of nitrogens with one attached hydrogen (secondary N) is 1. The second-order valence-corrected chi connectivity index (χ2v) is 7.46. The number of aromatic amines is 1. The summed E-state index contributed by atoms with van der Waals surface area (Å²) in [5.41, 5.74) is 2.36. The van der Waals surface area contributed by atoms with Crippen LogP contribution < -0.4 is 5.56 Å². The van der Waals surface area contributed by atoms with Gasteiger partial charge in [-0.2, -0.15) is 0 Å². The van der Waals surface area contributed by atoms with E-state index in [9.17, 15) is 9.59 Å². The molecule has 156 valence electrons. The highest BCUT2D eigenvalue weighted by molar-refractivity contribution is 5.77. The molecule has 0 saturated heterocycles. The van der Waals surface area contributed by atoms with Crippen LogP contribution in [0, 0.1) is 0 Å². The number of hydrogen-bond acceptors (Lipinski definition) is 4. The normalized spacial score (nSPS) is 11.9. The van der Waals surface area contributed by atoms with Crippen molar-refractivity contribution in [2.24, 2.45) is 0 Å². The number of aryl methyl sites for hydroxylation is 1. The minimum atomic E-state index is -0.256. The van der Waals surface area contributed by atoms with E-state index >= 15 is 0 Å². The van der Waals surface area contributed by atoms with Crippen molar-refractivity contribution in [3.05, 3.63) is 106 Å². The number of benzene rings is 2. The van der Waals surface area contributed by atoms with E-state index in [1.54, 1.807) is 17.2 Å². The van der Waals surface area contributed by atoms with E-state index in [1.165, 1.54) is 0 Å². The molecule has 1 unspecified atom stereocenters.